The molecule has 0 bridgehead atoms. The maximum atomic E-state index is 12.7. The van der Waals surface area contributed by atoms with Crippen molar-refractivity contribution in [1.29, 1.82) is 0 Å². The van der Waals surface area contributed by atoms with E-state index in [1.165, 1.54) is 0 Å². The standard InChI is InChI=1S/C16H26N2O2/c1-16(2,3)11-7-9-18-13(10-11)15(20)17-8-5-4-6-12(17)14(18)19/h11-13H,4-10H2,1-3H3. The first-order chi connectivity index (χ1) is 9.39. The highest BCUT2D eigenvalue weighted by atomic mass is 16.2. The van der Waals surface area contributed by atoms with E-state index >= 15 is 0 Å². The van der Waals surface area contributed by atoms with Gasteiger partial charge in [-0.2, -0.15) is 0 Å². The third-order valence-corrected chi connectivity index (χ3v) is 5.47. The molecule has 4 heteroatoms. The normalized spacial score (nSPS) is 34.9. The molecule has 0 saturated carbocycles. The molecule has 3 aliphatic rings. The molecule has 20 heavy (non-hydrogen) atoms. The zero-order valence-corrected chi connectivity index (χ0v) is 12.9. The molecule has 0 spiro atoms. The van der Waals surface area contributed by atoms with Crippen molar-refractivity contribution in [3.05, 3.63) is 0 Å². The Balaban J connectivity index is 1.83. The van der Waals surface area contributed by atoms with E-state index < -0.39 is 0 Å². The van der Waals surface area contributed by atoms with Gasteiger partial charge in [0.25, 0.3) is 0 Å². The van der Waals surface area contributed by atoms with Gasteiger partial charge in [0.2, 0.25) is 11.8 Å². The van der Waals surface area contributed by atoms with Crippen LogP contribution in [0.5, 0.6) is 0 Å². The molecule has 3 heterocycles. The van der Waals surface area contributed by atoms with E-state index in [1.807, 2.05) is 9.80 Å². The van der Waals surface area contributed by atoms with Crippen LogP contribution in [-0.4, -0.2) is 46.8 Å². The molecule has 3 aliphatic heterocycles. The first-order valence-corrected chi connectivity index (χ1v) is 8.00. The van der Waals surface area contributed by atoms with E-state index in [-0.39, 0.29) is 29.3 Å². The SMILES string of the molecule is CC(C)(C)C1CCN2C(=O)C3CCCCN3C(=O)C2C1. The van der Waals surface area contributed by atoms with E-state index in [4.69, 9.17) is 0 Å². The second kappa shape index (κ2) is 4.74. The molecule has 4 nitrogen and oxygen atoms in total. The summed E-state index contributed by atoms with van der Waals surface area (Å²) in [6.45, 7) is 8.27. The van der Waals surface area contributed by atoms with E-state index in [0.29, 0.717) is 5.92 Å². The van der Waals surface area contributed by atoms with E-state index in [2.05, 4.69) is 20.8 Å². The fraction of sp³-hybridized carbons (Fsp3) is 0.875. The van der Waals surface area contributed by atoms with Gasteiger partial charge in [0, 0.05) is 13.1 Å². The lowest BCUT2D eigenvalue weighted by Crippen LogP contribution is -2.67. The Bertz CT molecular complexity index is 427. The molecular formula is C16H26N2O2. The van der Waals surface area contributed by atoms with Crippen molar-refractivity contribution >= 4 is 11.8 Å². The van der Waals surface area contributed by atoms with Crippen LogP contribution in [0.25, 0.3) is 0 Å². The summed E-state index contributed by atoms with van der Waals surface area (Å²) in [6, 6.07) is -0.339. The molecule has 2 amide bonds. The number of rotatable bonds is 0. The molecule has 3 saturated heterocycles. The minimum atomic E-state index is -0.185. The number of carbonyl (C=O) groups excluding carboxylic acids is 2. The number of hydrogen-bond acceptors (Lipinski definition) is 2. The van der Waals surface area contributed by atoms with Crippen LogP contribution in [0, 0.1) is 11.3 Å². The number of hydrogen-bond donors (Lipinski definition) is 0. The highest BCUT2D eigenvalue weighted by Crippen LogP contribution is 2.40. The quantitative estimate of drug-likeness (QED) is 0.680. The van der Waals surface area contributed by atoms with Crippen LogP contribution in [0.15, 0.2) is 0 Å². The Morgan fingerprint density at radius 1 is 0.900 bits per heavy atom. The number of nitrogens with zero attached hydrogens (tertiary/aromatic N) is 2. The molecule has 3 fully saturated rings. The first-order valence-electron chi connectivity index (χ1n) is 8.00. The fourth-order valence-corrected chi connectivity index (χ4v) is 4.08. The zero-order valence-electron chi connectivity index (χ0n) is 12.9. The second-order valence-electron chi connectivity index (χ2n) is 7.68. The van der Waals surface area contributed by atoms with Crippen molar-refractivity contribution in [2.75, 3.05) is 13.1 Å². The van der Waals surface area contributed by atoms with Gasteiger partial charge in [0.1, 0.15) is 12.1 Å². The van der Waals surface area contributed by atoms with Gasteiger partial charge in [-0.05, 0) is 43.4 Å². The van der Waals surface area contributed by atoms with Crippen LogP contribution in [0.3, 0.4) is 0 Å². The average molecular weight is 278 g/mol. The van der Waals surface area contributed by atoms with Crippen molar-refractivity contribution in [3.63, 3.8) is 0 Å². The van der Waals surface area contributed by atoms with Crippen LogP contribution < -0.4 is 0 Å². The molecule has 3 atom stereocenters. The van der Waals surface area contributed by atoms with Crippen LogP contribution in [0.2, 0.25) is 0 Å². The molecule has 0 aromatic rings. The van der Waals surface area contributed by atoms with Crippen LogP contribution in [0.1, 0.15) is 52.9 Å². The van der Waals surface area contributed by atoms with E-state index in [1.54, 1.807) is 0 Å². The Hall–Kier alpha value is -1.06. The van der Waals surface area contributed by atoms with Crippen molar-refractivity contribution in [1.82, 2.24) is 9.80 Å². The molecule has 0 radical (unpaired) electrons. The minimum Gasteiger partial charge on any atom is -0.329 e. The summed E-state index contributed by atoms with van der Waals surface area (Å²) in [5, 5.41) is 0. The van der Waals surface area contributed by atoms with Gasteiger partial charge in [-0.15, -0.1) is 0 Å². The van der Waals surface area contributed by atoms with Crippen molar-refractivity contribution < 1.29 is 9.59 Å². The number of amides is 2. The predicted octanol–water partition coefficient (Wildman–Crippen LogP) is 2.03. The van der Waals surface area contributed by atoms with Gasteiger partial charge >= 0.3 is 0 Å². The van der Waals surface area contributed by atoms with Crippen LogP contribution in [-0.2, 0) is 9.59 Å². The van der Waals surface area contributed by atoms with Gasteiger partial charge in [0.05, 0.1) is 0 Å². The number of piperazine rings is 1. The van der Waals surface area contributed by atoms with Gasteiger partial charge in [-0.25, -0.2) is 0 Å². The Morgan fingerprint density at radius 2 is 1.55 bits per heavy atom. The summed E-state index contributed by atoms with van der Waals surface area (Å²) in [4.78, 5) is 29.1. The van der Waals surface area contributed by atoms with Crippen molar-refractivity contribution in [3.8, 4) is 0 Å². The Labute approximate surface area is 121 Å². The third kappa shape index (κ3) is 2.13. The molecule has 0 aromatic carbocycles. The molecule has 3 rings (SSSR count). The summed E-state index contributed by atoms with van der Waals surface area (Å²) < 4.78 is 0. The minimum absolute atomic E-state index is 0.154. The topological polar surface area (TPSA) is 40.6 Å². The largest absolute Gasteiger partial charge is 0.329 e. The smallest absolute Gasteiger partial charge is 0.246 e. The van der Waals surface area contributed by atoms with Gasteiger partial charge < -0.3 is 9.80 Å². The molecular weight excluding hydrogens is 252 g/mol. The summed E-state index contributed by atoms with van der Waals surface area (Å²) in [6.07, 6.45) is 4.85. The summed E-state index contributed by atoms with van der Waals surface area (Å²) >= 11 is 0. The Kier molecular flexibility index (Phi) is 3.30. The maximum absolute atomic E-state index is 12.7. The van der Waals surface area contributed by atoms with Crippen molar-refractivity contribution in [2.45, 2.75) is 65.0 Å². The lowest BCUT2D eigenvalue weighted by atomic mass is 9.72. The monoisotopic (exact) mass is 278 g/mol. The lowest BCUT2D eigenvalue weighted by molar-refractivity contribution is -0.167. The first kappa shape index (κ1) is 13.9. The summed E-state index contributed by atoms with van der Waals surface area (Å²) in [5.74, 6) is 0.951. The number of fused-ring (bicyclic) bond motifs is 2. The Morgan fingerprint density at radius 3 is 2.25 bits per heavy atom. The highest BCUT2D eigenvalue weighted by Gasteiger charge is 2.49. The molecule has 3 unspecified atom stereocenters. The molecule has 0 aliphatic carbocycles. The number of piperidine rings is 2. The van der Waals surface area contributed by atoms with Crippen LogP contribution >= 0.6 is 0 Å². The lowest BCUT2D eigenvalue weighted by Gasteiger charge is -2.51. The predicted molar refractivity (Wildman–Crippen MR) is 77.0 cm³/mol. The molecule has 0 N–H and O–H groups in total. The highest BCUT2D eigenvalue weighted by molar-refractivity contribution is 5.97. The second-order valence-corrected chi connectivity index (χ2v) is 7.68. The van der Waals surface area contributed by atoms with Gasteiger partial charge in [0.15, 0.2) is 0 Å². The van der Waals surface area contributed by atoms with Crippen LogP contribution in [0.4, 0.5) is 0 Å². The summed E-state index contributed by atoms with van der Waals surface area (Å²) in [7, 11) is 0. The third-order valence-electron chi connectivity index (χ3n) is 5.47. The maximum Gasteiger partial charge on any atom is 0.246 e. The average Bonchev–Trinajstić information content (AvgIpc) is 2.43. The van der Waals surface area contributed by atoms with E-state index in [0.717, 1.165) is 45.2 Å². The van der Waals surface area contributed by atoms with Gasteiger partial charge in [-0.1, -0.05) is 20.8 Å². The van der Waals surface area contributed by atoms with Gasteiger partial charge in [-0.3, -0.25) is 9.59 Å². The molecule has 112 valence electrons. The van der Waals surface area contributed by atoms with E-state index in [9.17, 15) is 9.59 Å². The number of carbonyl (C=O) groups is 2. The fourth-order valence-electron chi connectivity index (χ4n) is 4.08. The molecule has 0 aromatic heterocycles. The zero-order chi connectivity index (χ0) is 14.5. The van der Waals surface area contributed by atoms with Crippen molar-refractivity contribution in [2.24, 2.45) is 11.3 Å². The summed E-state index contributed by atoms with van der Waals surface area (Å²) in [5.41, 5.74) is 0.216.